The Balaban J connectivity index is 2.05. The molecule has 0 saturated heterocycles. The zero-order chi connectivity index (χ0) is 15.9. The summed E-state index contributed by atoms with van der Waals surface area (Å²) in [5, 5.41) is 4.42. The van der Waals surface area contributed by atoms with E-state index in [1.54, 1.807) is 0 Å². The molecule has 1 aromatic carbocycles. The predicted octanol–water partition coefficient (Wildman–Crippen LogP) is 4.64. The standard InChI is InChI=1S/C19H31ClN2/c1-4-18(11-12-21-5-2)22(13-16-9-10-16)14-17-8-6-7-15(3)19(17)20/h6-8,16,18,21H,4-5,9-14H2,1-3H3. The zero-order valence-electron chi connectivity index (χ0n) is 14.4. The van der Waals surface area contributed by atoms with Crippen LogP contribution in [0.15, 0.2) is 18.2 Å². The van der Waals surface area contributed by atoms with E-state index in [-0.39, 0.29) is 0 Å². The van der Waals surface area contributed by atoms with Gasteiger partial charge in [-0.1, -0.05) is 43.6 Å². The fourth-order valence-electron chi connectivity index (χ4n) is 3.11. The van der Waals surface area contributed by atoms with Gasteiger partial charge in [-0.25, -0.2) is 0 Å². The third kappa shape index (κ3) is 5.26. The molecule has 22 heavy (non-hydrogen) atoms. The van der Waals surface area contributed by atoms with Crippen molar-refractivity contribution in [2.75, 3.05) is 19.6 Å². The molecular formula is C19H31ClN2. The van der Waals surface area contributed by atoms with Crippen molar-refractivity contribution in [2.24, 2.45) is 5.92 Å². The average molecular weight is 323 g/mol. The van der Waals surface area contributed by atoms with Crippen molar-refractivity contribution in [3.05, 3.63) is 34.3 Å². The van der Waals surface area contributed by atoms with Crippen molar-refractivity contribution in [3.63, 3.8) is 0 Å². The van der Waals surface area contributed by atoms with Gasteiger partial charge in [-0.15, -0.1) is 0 Å². The minimum absolute atomic E-state index is 0.649. The number of aryl methyl sites for hydroxylation is 1. The van der Waals surface area contributed by atoms with Gasteiger partial charge in [-0.3, -0.25) is 4.90 Å². The number of benzene rings is 1. The van der Waals surface area contributed by atoms with Crippen LogP contribution in [0.4, 0.5) is 0 Å². The summed E-state index contributed by atoms with van der Waals surface area (Å²) in [7, 11) is 0. The van der Waals surface area contributed by atoms with Gasteiger partial charge in [-0.05, 0) is 62.7 Å². The van der Waals surface area contributed by atoms with E-state index in [0.29, 0.717) is 6.04 Å². The van der Waals surface area contributed by atoms with Gasteiger partial charge >= 0.3 is 0 Å². The Bertz CT molecular complexity index is 457. The second kappa shape index (κ2) is 8.90. The molecule has 1 fully saturated rings. The smallest absolute Gasteiger partial charge is 0.0480 e. The Labute approximate surface area is 141 Å². The lowest BCUT2D eigenvalue weighted by atomic mass is 10.1. The van der Waals surface area contributed by atoms with Crippen LogP contribution in [0.1, 0.15) is 50.7 Å². The predicted molar refractivity (Wildman–Crippen MR) is 96.6 cm³/mol. The van der Waals surface area contributed by atoms with Crippen LogP contribution < -0.4 is 5.32 Å². The normalized spacial score (nSPS) is 16.2. The van der Waals surface area contributed by atoms with E-state index in [2.05, 4.69) is 49.2 Å². The highest BCUT2D eigenvalue weighted by Gasteiger charge is 2.27. The number of hydrogen-bond donors (Lipinski definition) is 1. The number of nitrogens with one attached hydrogen (secondary N) is 1. The van der Waals surface area contributed by atoms with E-state index in [9.17, 15) is 0 Å². The highest BCUT2D eigenvalue weighted by atomic mass is 35.5. The van der Waals surface area contributed by atoms with E-state index in [1.807, 2.05) is 0 Å². The second-order valence-electron chi connectivity index (χ2n) is 6.63. The van der Waals surface area contributed by atoms with Crippen LogP contribution >= 0.6 is 11.6 Å². The van der Waals surface area contributed by atoms with Crippen LogP contribution in [-0.4, -0.2) is 30.6 Å². The topological polar surface area (TPSA) is 15.3 Å². The van der Waals surface area contributed by atoms with Gasteiger partial charge in [-0.2, -0.15) is 0 Å². The molecule has 1 aromatic rings. The summed E-state index contributed by atoms with van der Waals surface area (Å²) in [6, 6.07) is 7.06. The molecule has 2 rings (SSSR count). The van der Waals surface area contributed by atoms with E-state index in [0.717, 1.165) is 30.6 Å². The fraction of sp³-hybridized carbons (Fsp3) is 0.684. The molecule has 124 valence electrons. The Morgan fingerprint density at radius 1 is 1.32 bits per heavy atom. The molecule has 1 atom stereocenters. The summed E-state index contributed by atoms with van der Waals surface area (Å²) in [5.74, 6) is 0.914. The van der Waals surface area contributed by atoms with E-state index in [1.165, 1.54) is 43.4 Å². The maximum atomic E-state index is 6.53. The molecule has 1 aliphatic rings. The van der Waals surface area contributed by atoms with Gasteiger partial charge in [0.1, 0.15) is 0 Å². The molecule has 0 bridgehead atoms. The first-order chi connectivity index (χ1) is 10.7. The Morgan fingerprint density at radius 3 is 2.73 bits per heavy atom. The highest BCUT2D eigenvalue weighted by molar-refractivity contribution is 6.32. The van der Waals surface area contributed by atoms with E-state index >= 15 is 0 Å². The van der Waals surface area contributed by atoms with Crippen molar-refractivity contribution >= 4 is 11.6 Å². The minimum Gasteiger partial charge on any atom is -0.317 e. The number of halogens is 1. The SMILES string of the molecule is CCNCCC(CC)N(Cc1cccc(C)c1Cl)CC1CC1. The molecule has 0 amide bonds. The van der Waals surface area contributed by atoms with Gasteiger partial charge in [0.15, 0.2) is 0 Å². The van der Waals surface area contributed by atoms with Crippen molar-refractivity contribution in [2.45, 2.75) is 59.0 Å². The van der Waals surface area contributed by atoms with Gasteiger partial charge in [0, 0.05) is 24.2 Å². The molecule has 0 radical (unpaired) electrons. The number of nitrogens with zero attached hydrogens (tertiary/aromatic N) is 1. The van der Waals surface area contributed by atoms with Gasteiger partial charge in [0.2, 0.25) is 0 Å². The Hall–Kier alpha value is -0.570. The summed E-state index contributed by atoms with van der Waals surface area (Å²) in [6.45, 7) is 11.0. The molecule has 0 aliphatic heterocycles. The van der Waals surface area contributed by atoms with Crippen LogP contribution in [0.3, 0.4) is 0 Å². The van der Waals surface area contributed by atoms with Crippen molar-refractivity contribution in [3.8, 4) is 0 Å². The van der Waals surface area contributed by atoms with Crippen LogP contribution in [0.5, 0.6) is 0 Å². The quantitative estimate of drug-likeness (QED) is 0.631. The molecule has 1 saturated carbocycles. The van der Waals surface area contributed by atoms with Crippen molar-refractivity contribution in [1.29, 1.82) is 0 Å². The molecule has 1 N–H and O–H groups in total. The lowest BCUT2D eigenvalue weighted by Gasteiger charge is -2.32. The largest absolute Gasteiger partial charge is 0.317 e. The molecule has 0 aromatic heterocycles. The van der Waals surface area contributed by atoms with Crippen LogP contribution in [0, 0.1) is 12.8 Å². The molecule has 0 spiro atoms. The molecule has 2 nitrogen and oxygen atoms in total. The van der Waals surface area contributed by atoms with Crippen LogP contribution in [0.25, 0.3) is 0 Å². The van der Waals surface area contributed by atoms with Crippen molar-refractivity contribution < 1.29 is 0 Å². The maximum absolute atomic E-state index is 6.53. The second-order valence-corrected chi connectivity index (χ2v) is 7.00. The number of rotatable bonds is 10. The monoisotopic (exact) mass is 322 g/mol. The molecular weight excluding hydrogens is 292 g/mol. The minimum atomic E-state index is 0.649. The first-order valence-corrected chi connectivity index (χ1v) is 9.22. The fourth-order valence-corrected chi connectivity index (χ4v) is 3.30. The summed E-state index contributed by atoms with van der Waals surface area (Å²) in [5.41, 5.74) is 2.47. The first kappa shape index (κ1) is 17.8. The highest BCUT2D eigenvalue weighted by Crippen LogP contribution is 2.32. The van der Waals surface area contributed by atoms with Crippen LogP contribution in [-0.2, 0) is 6.54 Å². The third-order valence-electron chi connectivity index (χ3n) is 4.73. The summed E-state index contributed by atoms with van der Waals surface area (Å²) in [4.78, 5) is 2.68. The first-order valence-electron chi connectivity index (χ1n) is 8.84. The molecule has 1 unspecified atom stereocenters. The lowest BCUT2D eigenvalue weighted by Crippen LogP contribution is -2.38. The lowest BCUT2D eigenvalue weighted by molar-refractivity contribution is 0.165. The zero-order valence-corrected chi connectivity index (χ0v) is 15.1. The third-order valence-corrected chi connectivity index (χ3v) is 5.27. The Morgan fingerprint density at radius 2 is 2.09 bits per heavy atom. The van der Waals surface area contributed by atoms with E-state index < -0.39 is 0 Å². The van der Waals surface area contributed by atoms with E-state index in [4.69, 9.17) is 11.6 Å². The summed E-state index contributed by atoms with van der Waals surface area (Å²) >= 11 is 6.53. The number of hydrogen-bond acceptors (Lipinski definition) is 2. The van der Waals surface area contributed by atoms with Gasteiger partial charge < -0.3 is 5.32 Å². The molecule has 3 heteroatoms. The average Bonchev–Trinajstić information content (AvgIpc) is 3.32. The summed E-state index contributed by atoms with van der Waals surface area (Å²) < 4.78 is 0. The molecule has 1 aliphatic carbocycles. The van der Waals surface area contributed by atoms with Crippen LogP contribution in [0.2, 0.25) is 5.02 Å². The summed E-state index contributed by atoms with van der Waals surface area (Å²) in [6.07, 6.45) is 5.24. The Kier molecular flexibility index (Phi) is 7.20. The maximum Gasteiger partial charge on any atom is 0.0480 e. The van der Waals surface area contributed by atoms with Gasteiger partial charge in [0.05, 0.1) is 0 Å². The van der Waals surface area contributed by atoms with Gasteiger partial charge in [0.25, 0.3) is 0 Å². The van der Waals surface area contributed by atoms with Crippen molar-refractivity contribution in [1.82, 2.24) is 10.2 Å². The molecule has 0 heterocycles.